The van der Waals surface area contributed by atoms with Gasteiger partial charge in [0.25, 0.3) is 5.69 Å². The van der Waals surface area contributed by atoms with E-state index in [0.717, 1.165) is 32.5 Å². The molecule has 0 spiro atoms. The summed E-state index contributed by atoms with van der Waals surface area (Å²) in [5.74, 6) is 0. The zero-order valence-corrected chi connectivity index (χ0v) is 13.1. The maximum Gasteiger partial charge on any atom is 0.292 e. The number of hydrogen-bond acceptors (Lipinski definition) is 3. The lowest BCUT2D eigenvalue weighted by Crippen LogP contribution is -3.12. The molecule has 2 aromatic carbocycles. The summed E-state index contributed by atoms with van der Waals surface area (Å²) in [7, 11) is 0. The number of benzene rings is 2. The molecule has 1 fully saturated rings. The highest BCUT2D eigenvalue weighted by Crippen LogP contribution is 2.25. The van der Waals surface area contributed by atoms with E-state index in [1.165, 1.54) is 5.56 Å². The van der Waals surface area contributed by atoms with Gasteiger partial charge in [-0.2, -0.15) is 0 Å². The van der Waals surface area contributed by atoms with Gasteiger partial charge in [-0.25, -0.2) is 0 Å². The van der Waals surface area contributed by atoms with Crippen molar-refractivity contribution >= 4 is 11.4 Å². The van der Waals surface area contributed by atoms with E-state index in [1.807, 2.05) is 12.1 Å². The molecule has 120 valence electrons. The van der Waals surface area contributed by atoms with Gasteiger partial charge in [0.1, 0.15) is 12.2 Å². The van der Waals surface area contributed by atoms with Gasteiger partial charge >= 0.3 is 0 Å². The highest BCUT2D eigenvalue weighted by Gasteiger charge is 2.24. The molecule has 1 aliphatic rings. The minimum atomic E-state index is -0.321. The van der Waals surface area contributed by atoms with E-state index in [2.05, 4.69) is 29.6 Å². The number of piperidine rings is 1. The van der Waals surface area contributed by atoms with E-state index in [1.54, 1.807) is 23.1 Å². The van der Waals surface area contributed by atoms with E-state index >= 15 is 0 Å². The summed E-state index contributed by atoms with van der Waals surface area (Å²) in [6, 6.07) is 17.8. The normalized spacial score (nSPS) is 20.9. The maximum atomic E-state index is 11.1. The van der Waals surface area contributed by atoms with Gasteiger partial charge in [-0.15, -0.1) is 0 Å². The number of likely N-dealkylation sites (tertiary alicyclic amines) is 1. The first-order chi connectivity index (χ1) is 11.2. The SMILES string of the molecule is O=[N+]([O-])c1ccccc1NC1CC[NH+](Cc2ccccc2)CC1. The van der Waals surface area contributed by atoms with Crippen molar-refractivity contribution in [2.75, 3.05) is 18.4 Å². The first-order valence-electron chi connectivity index (χ1n) is 8.10. The Kier molecular flexibility index (Phi) is 4.88. The molecular weight excluding hydrogens is 290 g/mol. The van der Waals surface area contributed by atoms with Gasteiger partial charge in [0.05, 0.1) is 18.0 Å². The van der Waals surface area contributed by atoms with E-state index in [0.29, 0.717) is 11.7 Å². The molecule has 1 aliphatic heterocycles. The molecule has 2 aromatic rings. The van der Waals surface area contributed by atoms with Gasteiger partial charge in [0.15, 0.2) is 0 Å². The Morgan fingerprint density at radius 3 is 2.39 bits per heavy atom. The van der Waals surface area contributed by atoms with Gasteiger partial charge < -0.3 is 10.2 Å². The maximum absolute atomic E-state index is 11.1. The molecule has 0 amide bonds. The molecule has 0 saturated carbocycles. The van der Waals surface area contributed by atoms with Crippen LogP contribution >= 0.6 is 0 Å². The fourth-order valence-corrected chi connectivity index (χ4v) is 3.21. The Labute approximate surface area is 136 Å². The Balaban J connectivity index is 1.54. The average molecular weight is 312 g/mol. The van der Waals surface area contributed by atoms with Crippen LogP contribution in [-0.2, 0) is 6.54 Å². The largest absolute Gasteiger partial charge is 0.376 e. The van der Waals surface area contributed by atoms with Crippen LogP contribution in [0, 0.1) is 10.1 Å². The van der Waals surface area contributed by atoms with Crippen molar-refractivity contribution in [1.29, 1.82) is 0 Å². The third-order valence-corrected chi connectivity index (χ3v) is 4.45. The van der Waals surface area contributed by atoms with Gasteiger partial charge in [-0.1, -0.05) is 42.5 Å². The average Bonchev–Trinajstić information content (AvgIpc) is 2.58. The van der Waals surface area contributed by atoms with Crippen LogP contribution in [-0.4, -0.2) is 24.1 Å². The lowest BCUT2D eigenvalue weighted by atomic mass is 10.0. The third-order valence-electron chi connectivity index (χ3n) is 4.45. The fraction of sp³-hybridized carbons (Fsp3) is 0.333. The first kappa shape index (κ1) is 15.5. The molecule has 0 aromatic heterocycles. The summed E-state index contributed by atoms with van der Waals surface area (Å²) < 4.78 is 0. The van der Waals surface area contributed by atoms with Crippen molar-refractivity contribution in [2.24, 2.45) is 0 Å². The Morgan fingerprint density at radius 1 is 1.04 bits per heavy atom. The lowest BCUT2D eigenvalue weighted by Gasteiger charge is -2.30. The molecule has 3 rings (SSSR count). The van der Waals surface area contributed by atoms with Crippen LogP contribution in [0.5, 0.6) is 0 Å². The topological polar surface area (TPSA) is 59.6 Å². The molecule has 5 heteroatoms. The number of nitrogens with one attached hydrogen (secondary N) is 2. The molecule has 1 saturated heterocycles. The number of nitrogens with zero attached hydrogens (tertiary/aromatic N) is 1. The quantitative estimate of drug-likeness (QED) is 0.657. The highest BCUT2D eigenvalue weighted by atomic mass is 16.6. The Morgan fingerprint density at radius 2 is 1.70 bits per heavy atom. The van der Waals surface area contributed by atoms with Gasteiger partial charge in [-0.3, -0.25) is 10.1 Å². The summed E-state index contributed by atoms with van der Waals surface area (Å²) in [6.45, 7) is 3.24. The predicted octanol–water partition coefficient (Wildman–Crippen LogP) is 2.25. The zero-order valence-electron chi connectivity index (χ0n) is 13.1. The summed E-state index contributed by atoms with van der Waals surface area (Å²) in [4.78, 5) is 12.3. The van der Waals surface area contributed by atoms with Gasteiger partial charge in [-0.05, 0) is 6.07 Å². The van der Waals surface area contributed by atoms with Crippen LogP contribution in [0.2, 0.25) is 0 Å². The number of hydrogen-bond donors (Lipinski definition) is 2. The van der Waals surface area contributed by atoms with Gasteiger partial charge in [0, 0.05) is 30.5 Å². The first-order valence-corrected chi connectivity index (χ1v) is 8.10. The van der Waals surface area contributed by atoms with Gasteiger partial charge in [0.2, 0.25) is 0 Å². The number of nitro benzene ring substituents is 1. The van der Waals surface area contributed by atoms with Crippen molar-refractivity contribution in [3.63, 3.8) is 0 Å². The van der Waals surface area contributed by atoms with E-state index < -0.39 is 0 Å². The number of para-hydroxylation sites is 2. The Hall–Kier alpha value is -2.40. The molecule has 0 aliphatic carbocycles. The molecule has 0 unspecified atom stereocenters. The number of nitro groups is 1. The van der Waals surface area contributed by atoms with Crippen LogP contribution in [0.15, 0.2) is 54.6 Å². The molecule has 23 heavy (non-hydrogen) atoms. The zero-order chi connectivity index (χ0) is 16.1. The standard InChI is InChI=1S/C18H21N3O2/c22-21(23)18-9-5-4-8-17(18)19-16-10-12-20(13-11-16)14-15-6-2-1-3-7-15/h1-9,16,19H,10-14H2/p+1. The van der Waals surface area contributed by atoms with E-state index in [9.17, 15) is 10.1 Å². The molecule has 1 heterocycles. The summed E-state index contributed by atoms with van der Waals surface area (Å²) in [5.41, 5.74) is 2.16. The van der Waals surface area contributed by atoms with Crippen molar-refractivity contribution in [1.82, 2.24) is 0 Å². The van der Waals surface area contributed by atoms with E-state index in [4.69, 9.17) is 0 Å². The monoisotopic (exact) mass is 312 g/mol. The van der Waals surface area contributed by atoms with Crippen LogP contribution in [0.4, 0.5) is 11.4 Å². The highest BCUT2D eigenvalue weighted by molar-refractivity contribution is 5.61. The predicted molar refractivity (Wildman–Crippen MR) is 90.6 cm³/mol. The lowest BCUT2D eigenvalue weighted by molar-refractivity contribution is -0.918. The fourth-order valence-electron chi connectivity index (χ4n) is 3.21. The van der Waals surface area contributed by atoms with Crippen LogP contribution < -0.4 is 10.2 Å². The summed E-state index contributed by atoms with van der Waals surface area (Å²) in [6.07, 6.45) is 2.07. The Bertz CT molecular complexity index is 652. The minimum absolute atomic E-state index is 0.159. The molecule has 0 atom stereocenters. The van der Waals surface area contributed by atoms with Crippen molar-refractivity contribution < 1.29 is 9.82 Å². The summed E-state index contributed by atoms with van der Waals surface area (Å²) >= 11 is 0. The molecule has 2 N–H and O–H groups in total. The number of anilines is 1. The van der Waals surface area contributed by atoms with Crippen LogP contribution in [0.1, 0.15) is 18.4 Å². The third kappa shape index (κ3) is 4.07. The molecule has 5 nitrogen and oxygen atoms in total. The molecule has 0 radical (unpaired) electrons. The van der Waals surface area contributed by atoms with Crippen molar-refractivity contribution in [3.05, 3.63) is 70.3 Å². The number of quaternary nitrogens is 1. The molecular formula is C18H22N3O2+. The summed E-state index contributed by atoms with van der Waals surface area (Å²) in [5, 5.41) is 14.4. The smallest absolute Gasteiger partial charge is 0.292 e. The second kappa shape index (κ2) is 7.24. The molecule has 0 bridgehead atoms. The van der Waals surface area contributed by atoms with E-state index in [-0.39, 0.29) is 10.6 Å². The van der Waals surface area contributed by atoms with Crippen LogP contribution in [0.25, 0.3) is 0 Å². The minimum Gasteiger partial charge on any atom is -0.376 e. The van der Waals surface area contributed by atoms with Crippen molar-refractivity contribution in [3.8, 4) is 0 Å². The van der Waals surface area contributed by atoms with Crippen LogP contribution in [0.3, 0.4) is 0 Å². The second-order valence-corrected chi connectivity index (χ2v) is 6.11. The van der Waals surface area contributed by atoms with Crippen molar-refractivity contribution in [2.45, 2.75) is 25.4 Å². The second-order valence-electron chi connectivity index (χ2n) is 6.11. The number of rotatable bonds is 5.